The Labute approximate surface area is 169 Å². The van der Waals surface area contributed by atoms with E-state index in [1.54, 1.807) is 6.92 Å². The molecule has 3 aliphatic heterocycles. The number of amides is 3. The van der Waals surface area contributed by atoms with Gasteiger partial charge < -0.3 is 14.7 Å². The highest BCUT2D eigenvalue weighted by Gasteiger charge is 2.43. The minimum absolute atomic E-state index is 0.0491. The maximum absolute atomic E-state index is 13.2. The molecule has 28 heavy (non-hydrogen) atoms. The maximum Gasteiger partial charge on any atom is 0.225 e. The largest absolute Gasteiger partial charge is 0.343 e. The molecule has 0 aromatic carbocycles. The van der Waals surface area contributed by atoms with Crippen molar-refractivity contribution < 1.29 is 14.4 Å². The number of carbonyl (C=O) groups excluding carboxylic acids is 3. The molecule has 158 valence electrons. The van der Waals surface area contributed by atoms with Crippen molar-refractivity contribution in [1.82, 2.24) is 14.7 Å². The third-order valence-corrected chi connectivity index (χ3v) is 6.99. The van der Waals surface area contributed by atoms with E-state index < -0.39 is 0 Å². The molecule has 0 saturated carbocycles. The van der Waals surface area contributed by atoms with Gasteiger partial charge in [0.2, 0.25) is 17.7 Å². The molecule has 6 heteroatoms. The summed E-state index contributed by atoms with van der Waals surface area (Å²) in [6, 6.07) is 0. The first-order valence-corrected chi connectivity index (χ1v) is 11.1. The highest BCUT2D eigenvalue weighted by Crippen LogP contribution is 2.39. The van der Waals surface area contributed by atoms with Crippen LogP contribution in [0.3, 0.4) is 0 Å². The van der Waals surface area contributed by atoms with Gasteiger partial charge in [-0.25, -0.2) is 0 Å². The zero-order valence-corrected chi connectivity index (χ0v) is 17.9. The minimum Gasteiger partial charge on any atom is -0.343 e. The van der Waals surface area contributed by atoms with Gasteiger partial charge in [0.1, 0.15) is 0 Å². The third kappa shape index (κ3) is 4.87. The van der Waals surface area contributed by atoms with Crippen molar-refractivity contribution in [3.8, 4) is 0 Å². The number of carbonyl (C=O) groups is 3. The molecule has 3 saturated heterocycles. The Kier molecular flexibility index (Phi) is 6.66. The summed E-state index contributed by atoms with van der Waals surface area (Å²) in [4.78, 5) is 43.1. The molecule has 0 N–H and O–H groups in total. The molecule has 0 aromatic rings. The van der Waals surface area contributed by atoms with E-state index in [1.807, 2.05) is 4.90 Å². The van der Waals surface area contributed by atoms with Crippen LogP contribution in [0.2, 0.25) is 0 Å². The van der Waals surface area contributed by atoms with Gasteiger partial charge in [-0.15, -0.1) is 0 Å². The van der Waals surface area contributed by atoms with Crippen LogP contribution < -0.4 is 0 Å². The zero-order valence-electron chi connectivity index (χ0n) is 17.9. The summed E-state index contributed by atoms with van der Waals surface area (Å²) in [6.45, 7) is 10.7. The molecule has 0 radical (unpaired) electrons. The minimum atomic E-state index is 0.0491. The molecule has 0 aliphatic carbocycles. The second-order valence-corrected chi connectivity index (χ2v) is 9.64. The van der Waals surface area contributed by atoms with Crippen LogP contribution in [-0.2, 0) is 14.4 Å². The van der Waals surface area contributed by atoms with Crippen LogP contribution in [0.5, 0.6) is 0 Å². The van der Waals surface area contributed by atoms with Gasteiger partial charge >= 0.3 is 0 Å². The van der Waals surface area contributed by atoms with Gasteiger partial charge in [-0.2, -0.15) is 0 Å². The average molecular weight is 392 g/mol. The maximum atomic E-state index is 13.2. The number of rotatable bonds is 4. The first kappa shape index (κ1) is 21.1. The smallest absolute Gasteiger partial charge is 0.225 e. The van der Waals surface area contributed by atoms with Crippen molar-refractivity contribution in [3.05, 3.63) is 0 Å². The fourth-order valence-electron chi connectivity index (χ4n) is 5.15. The summed E-state index contributed by atoms with van der Waals surface area (Å²) in [5.74, 6) is 1.31. The Hall–Kier alpha value is -1.59. The molecule has 0 aromatic heterocycles. The highest BCUT2D eigenvalue weighted by molar-refractivity contribution is 5.80. The standard InChI is InChI=1S/C22H37N3O3/c1-17(2)6-12-24-15-22(10-5-20(24)27)9-4-11-25(16-22)21(28)19-7-13-23(14-8-19)18(3)26/h17,19H,4-16H2,1-3H3. The normalized spacial score (nSPS) is 27.0. The molecule has 1 atom stereocenters. The Balaban J connectivity index is 1.59. The molecule has 6 nitrogen and oxygen atoms in total. The molecule has 3 amide bonds. The second kappa shape index (κ2) is 8.83. The highest BCUT2D eigenvalue weighted by atomic mass is 16.2. The summed E-state index contributed by atoms with van der Waals surface area (Å²) >= 11 is 0. The molecule has 1 spiro atoms. The monoisotopic (exact) mass is 391 g/mol. The van der Waals surface area contributed by atoms with Crippen LogP contribution in [0.4, 0.5) is 0 Å². The van der Waals surface area contributed by atoms with E-state index in [2.05, 4.69) is 23.6 Å². The SMILES string of the molecule is CC(=O)N1CCC(C(=O)N2CCCC3(CCC(=O)N(CCC(C)C)C3)C2)CC1. The predicted octanol–water partition coefficient (Wildman–Crippen LogP) is 2.52. The molecule has 3 heterocycles. The van der Waals surface area contributed by atoms with Crippen LogP contribution >= 0.6 is 0 Å². The Morgan fingerprint density at radius 3 is 2.43 bits per heavy atom. The molecular formula is C22H37N3O3. The number of hydrogen-bond acceptors (Lipinski definition) is 3. The molecule has 3 aliphatic rings. The Morgan fingerprint density at radius 2 is 1.79 bits per heavy atom. The number of piperidine rings is 3. The lowest BCUT2D eigenvalue weighted by molar-refractivity contribution is -0.147. The number of hydrogen-bond donors (Lipinski definition) is 0. The van der Waals surface area contributed by atoms with Gasteiger partial charge in [-0.05, 0) is 44.4 Å². The molecular weight excluding hydrogens is 354 g/mol. The Bertz CT molecular complexity index is 598. The summed E-state index contributed by atoms with van der Waals surface area (Å²) in [6.07, 6.45) is 6.28. The van der Waals surface area contributed by atoms with E-state index in [4.69, 9.17) is 0 Å². The van der Waals surface area contributed by atoms with Crippen LogP contribution in [0.15, 0.2) is 0 Å². The second-order valence-electron chi connectivity index (χ2n) is 9.64. The van der Waals surface area contributed by atoms with Gasteiger partial charge in [0.25, 0.3) is 0 Å². The average Bonchev–Trinajstić information content (AvgIpc) is 2.68. The van der Waals surface area contributed by atoms with Crippen molar-refractivity contribution in [2.75, 3.05) is 39.3 Å². The third-order valence-electron chi connectivity index (χ3n) is 6.99. The number of nitrogens with zero attached hydrogens (tertiary/aromatic N) is 3. The van der Waals surface area contributed by atoms with Crippen molar-refractivity contribution in [3.63, 3.8) is 0 Å². The predicted molar refractivity (Wildman–Crippen MR) is 108 cm³/mol. The first-order chi connectivity index (χ1) is 13.3. The molecule has 3 fully saturated rings. The summed E-state index contributed by atoms with van der Waals surface area (Å²) in [5, 5.41) is 0. The zero-order chi connectivity index (χ0) is 20.3. The first-order valence-electron chi connectivity index (χ1n) is 11.1. The topological polar surface area (TPSA) is 60.9 Å². The van der Waals surface area contributed by atoms with Crippen molar-refractivity contribution >= 4 is 17.7 Å². The van der Waals surface area contributed by atoms with E-state index in [1.165, 1.54) is 0 Å². The van der Waals surface area contributed by atoms with Gasteiger partial charge in [0.15, 0.2) is 0 Å². The van der Waals surface area contributed by atoms with E-state index in [-0.39, 0.29) is 29.1 Å². The number of likely N-dealkylation sites (tertiary alicyclic amines) is 3. The van der Waals surface area contributed by atoms with Gasteiger partial charge in [0.05, 0.1) is 0 Å². The van der Waals surface area contributed by atoms with Crippen LogP contribution in [-0.4, -0.2) is 71.7 Å². The van der Waals surface area contributed by atoms with Crippen LogP contribution in [0, 0.1) is 17.3 Å². The lowest BCUT2D eigenvalue weighted by Gasteiger charge is -2.49. The van der Waals surface area contributed by atoms with Gasteiger partial charge in [0, 0.05) is 63.9 Å². The summed E-state index contributed by atoms with van der Waals surface area (Å²) in [7, 11) is 0. The van der Waals surface area contributed by atoms with Crippen molar-refractivity contribution in [2.45, 2.75) is 65.7 Å². The van der Waals surface area contributed by atoms with Crippen molar-refractivity contribution in [2.24, 2.45) is 17.3 Å². The van der Waals surface area contributed by atoms with Gasteiger partial charge in [-0.1, -0.05) is 13.8 Å². The quantitative estimate of drug-likeness (QED) is 0.740. The molecule has 0 bridgehead atoms. The lowest BCUT2D eigenvalue weighted by Crippen LogP contribution is -2.56. The van der Waals surface area contributed by atoms with Crippen LogP contribution in [0.25, 0.3) is 0 Å². The van der Waals surface area contributed by atoms with Crippen molar-refractivity contribution in [1.29, 1.82) is 0 Å². The molecule has 3 rings (SSSR count). The Morgan fingerprint density at radius 1 is 1.07 bits per heavy atom. The fourth-order valence-corrected chi connectivity index (χ4v) is 5.15. The van der Waals surface area contributed by atoms with E-state index >= 15 is 0 Å². The van der Waals surface area contributed by atoms with E-state index in [0.29, 0.717) is 25.4 Å². The summed E-state index contributed by atoms with van der Waals surface area (Å²) in [5.41, 5.74) is 0.0822. The van der Waals surface area contributed by atoms with E-state index in [0.717, 1.165) is 64.7 Å². The summed E-state index contributed by atoms with van der Waals surface area (Å²) < 4.78 is 0. The van der Waals surface area contributed by atoms with Crippen LogP contribution in [0.1, 0.15) is 65.7 Å². The molecule has 1 unspecified atom stereocenters. The lowest BCUT2D eigenvalue weighted by atomic mass is 9.73. The van der Waals surface area contributed by atoms with E-state index in [9.17, 15) is 14.4 Å². The fraction of sp³-hybridized carbons (Fsp3) is 0.864. The van der Waals surface area contributed by atoms with Gasteiger partial charge in [-0.3, -0.25) is 14.4 Å².